The number of benzene rings is 1. The predicted molar refractivity (Wildman–Crippen MR) is 86.5 cm³/mol. The van der Waals surface area contributed by atoms with Crippen molar-refractivity contribution in [3.05, 3.63) is 35.4 Å². The molecule has 5 heteroatoms. The number of carbonyl (C=O) groups is 2. The summed E-state index contributed by atoms with van der Waals surface area (Å²) in [4.78, 5) is 28.3. The summed E-state index contributed by atoms with van der Waals surface area (Å²) >= 11 is 0. The Morgan fingerprint density at radius 1 is 1.26 bits per heavy atom. The lowest BCUT2D eigenvalue weighted by molar-refractivity contribution is -0.138. The van der Waals surface area contributed by atoms with Crippen LogP contribution in [0.15, 0.2) is 24.3 Å². The molecule has 2 heterocycles. The van der Waals surface area contributed by atoms with Gasteiger partial charge in [-0.3, -0.25) is 9.59 Å². The average Bonchev–Trinajstić information content (AvgIpc) is 2.90. The quantitative estimate of drug-likeness (QED) is 0.915. The maximum absolute atomic E-state index is 12.6. The van der Waals surface area contributed by atoms with E-state index in [0.717, 1.165) is 18.4 Å². The molecule has 0 saturated carbocycles. The van der Waals surface area contributed by atoms with Crippen molar-refractivity contribution in [2.45, 2.75) is 38.8 Å². The van der Waals surface area contributed by atoms with E-state index in [1.807, 2.05) is 31.2 Å². The van der Waals surface area contributed by atoms with E-state index < -0.39 is 6.10 Å². The molecule has 0 radical (unpaired) electrons. The van der Waals surface area contributed by atoms with Crippen molar-refractivity contribution in [1.82, 2.24) is 9.80 Å². The van der Waals surface area contributed by atoms with Crippen LogP contribution in [0.25, 0.3) is 0 Å². The second-order valence-corrected chi connectivity index (χ2v) is 6.74. The van der Waals surface area contributed by atoms with Crippen molar-refractivity contribution in [2.24, 2.45) is 5.92 Å². The van der Waals surface area contributed by atoms with Crippen molar-refractivity contribution >= 4 is 11.8 Å². The molecule has 2 unspecified atom stereocenters. The normalized spacial score (nSPS) is 25.0. The Bertz CT molecular complexity index is 584. The number of aliphatic hydroxyl groups excluding tert-OH is 1. The lowest BCUT2D eigenvalue weighted by Gasteiger charge is -2.31. The van der Waals surface area contributed by atoms with Crippen LogP contribution in [0.3, 0.4) is 0 Å². The smallest absolute Gasteiger partial charge is 0.228 e. The standard InChI is InChI=1S/C18H24N2O3/c1-13-4-6-14(7-5-13)10-20-11-15(9-17(20)22)18(23)19-8-2-3-16(21)12-19/h4-7,15-16,21H,2-3,8-12H2,1H3. The number of nitrogens with zero attached hydrogens (tertiary/aromatic N) is 2. The van der Waals surface area contributed by atoms with Crippen molar-refractivity contribution in [3.63, 3.8) is 0 Å². The van der Waals surface area contributed by atoms with E-state index in [1.54, 1.807) is 9.80 Å². The van der Waals surface area contributed by atoms with E-state index in [4.69, 9.17) is 0 Å². The molecule has 1 aromatic rings. The van der Waals surface area contributed by atoms with Gasteiger partial charge in [-0.1, -0.05) is 29.8 Å². The topological polar surface area (TPSA) is 60.9 Å². The minimum absolute atomic E-state index is 0.0171. The Kier molecular flexibility index (Phi) is 4.66. The van der Waals surface area contributed by atoms with Crippen LogP contribution in [-0.4, -0.2) is 52.5 Å². The number of aryl methyl sites for hydroxylation is 1. The van der Waals surface area contributed by atoms with Gasteiger partial charge in [0.25, 0.3) is 0 Å². The van der Waals surface area contributed by atoms with Gasteiger partial charge in [0.1, 0.15) is 0 Å². The van der Waals surface area contributed by atoms with Crippen LogP contribution in [0.1, 0.15) is 30.4 Å². The first-order valence-electron chi connectivity index (χ1n) is 8.33. The largest absolute Gasteiger partial charge is 0.391 e. The van der Waals surface area contributed by atoms with Gasteiger partial charge in [-0.25, -0.2) is 0 Å². The van der Waals surface area contributed by atoms with Gasteiger partial charge in [0, 0.05) is 32.6 Å². The summed E-state index contributed by atoms with van der Waals surface area (Å²) in [5, 5.41) is 9.72. The number of piperidine rings is 1. The molecule has 2 fully saturated rings. The van der Waals surface area contributed by atoms with Crippen LogP contribution in [0.5, 0.6) is 0 Å². The van der Waals surface area contributed by atoms with Gasteiger partial charge in [-0.05, 0) is 25.3 Å². The first-order chi connectivity index (χ1) is 11.0. The van der Waals surface area contributed by atoms with Crippen LogP contribution in [0.4, 0.5) is 0 Å². The monoisotopic (exact) mass is 316 g/mol. The molecule has 1 aromatic carbocycles. The predicted octanol–water partition coefficient (Wildman–Crippen LogP) is 1.33. The molecular weight excluding hydrogens is 292 g/mol. The van der Waals surface area contributed by atoms with Gasteiger partial charge in [0.2, 0.25) is 11.8 Å². The fourth-order valence-corrected chi connectivity index (χ4v) is 3.42. The summed E-state index contributed by atoms with van der Waals surface area (Å²) in [5.74, 6) is -0.205. The van der Waals surface area contributed by atoms with Crippen LogP contribution in [-0.2, 0) is 16.1 Å². The maximum atomic E-state index is 12.6. The second-order valence-electron chi connectivity index (χ2n) is 6.74. The molecule has 5 nitrogen and oxygen atoms in total. The van der Waals surface area contributed by atoms with E-state index in [9.17, 15) is 14.7 Å². The third-order valence-corrected chi connectivity index (χ3v) is 4.77. The molecular formula is C18H24N2O3. The molecule has 2 atom stereocenters. The molecule has 2 aliphatic rings. The summed E-state index contributed by atoms with van der Waals surface area (Å²) < 4.78 is 0. The van der Waals surface area contributed by atoms with Crippen LogP contribution >= 0.6 is 0 Å². The van der Waals surface area contributed by atoms with Crippen LogP contribution in [0.2, 0.25) is 0 Å². The number of amides is 2. The fraction of sp³-hybridized carbons (Fsp3) is 0.556. The van der Waals surface area contributed by atoms with E-state index in [2.05, 4.69) is 0 Å². The molecule has 3 rings (SSSR count). The van der Waals surface area contributed by atoms with Gasteiger partial charge in [0.05, 0.1) is 12.0 Å². The SMILES string of the molecule is Cc1ccc(CN2CC(C(=O)N3CCCC(O)C3)CC2=O)cc1. The third kappa shape index (κ3) is 3.72. The Morgan fingerprint density at radius 3 is 2.70 bits per heavy atom. The molecule has 1 N–H and O–H groups in total. The number of β-amino-alcohol motifs (C(OH)–C–C–N with tert-alkyl or cyclic N) is 1. The zero-order valence-electron chi connectivity index (χ0n) is 13.6. The molecule has 124 valence electrons. The zero-order chi connectivity index (χ0) is 16.4. The molecule has 2 amide bonds. The summed E-state index contributed by atoms with van der Waals surface area (Å²) in [6, 6.07) is 8.12. The summed E-state index contributed by atoms with van der Waals surface area (Å²) in [5.41, 5.74) is 2.28. The number of rotatable bonds is 3. The molecule has 23 heavy (non-hydrogen) atoms. The maximum Gasteiger partial charge on any atom is 0.228 e. The highest BCUT2D eigenvalue weighted by Gasteiger charge is 2.37. The fourth-order valence-electron chi connectivity index (χ4n) is 3.42. The highest BCUT2D eigenvalue weighted by atomic mass is 16.3. The van der Waals surface area contributed by atoms with E-state index in [-0.39, 0.29) is 24.2 Å². The van der Waals surface area contributed by atoms with Crippen molar-refractivity contribution in [2.75, 3.05) is 19.6 Å². The van der Waals surface area contributed by atoms with Gasteiger partial charge in [0.15, 0.2) is 0 Å². The minimum Gasteiger partial charge on any atom is -0.391 e. The summed E-state index contributed by atoms with van der Waals surface area (Å²) in [6.07, 6.45) is 1.46. The Labute approximate surface area is 136 Å². The van der Waals surface area contributed by atoms with Crippen molar-refractivity contribution in [1.29, 1.82) is 0 Å². The molecule has 0 aliphatic carbocycles. The Hall–Kier alpha value is -1.88. The third-order valence-electron chi connectivity index (χ3n) is 4.77. The first-order valence-corrected chi connectivity index (χ1v) is 8.33. The summed E-state index contributed by atoms with van der Waals surface area (Å²) in [6.45, 7) is 4.18. The number of carbonyl (C=O) groups excluding carboxylic acids is 2. The van der Waals surface area contributed by atoms with Crippen molar-refractivity contribution in [3.8, 4) is 0 Å². The second kappa shape index (κ2) is 6.71. The van der Waals surface area contributed by atoms with Gasteiger partial charge < -0.3 is 14.9 Å². The number of aliphatic hydroxyl groups is 1. The Morgan fingerprint density at radius 2 is 2.00 bits per heavy atom. The highest BCUT2D eigenvalue weighted by Crippen LogP contribution is 2.24. The van der Waals surface area contributed by atoms with Gasteiger partial charge >= 0.3 is 0 Å². The average molecular weight is 316 g/mol. The number of likely N-dealkylation sites (tertiary alicyclic amines) is 2. The zero-order valence-corrected chi connectivity index (χ0v) is 13.6. The highest BCUT2D eigenvalue weighted by molar-refractivity contribution is 5.89. The lowest BCUT2D eigenvalue weighted by Crippen LogP contribution is -2.45. The minimum atomic E-state index is -0.423. The Balaban J connectivity index is 1.60. The first kappa shape index (κ1) is 16.0. The molecule has 0 bridgehead atoms. The summed E-state index contributed by atoms with van der Waals surface area (Å²) in [7, 11) is 0. The lowest BCUT2D eigenvalue weighted by atomic mass is 10.0. The van der Waals surface area contributed by atoms with Crippen LogP contribution < -0.4 is 0 Å². The van der Waals surface area contributed by atoms with E-state index in [0.29, 0.717) is 26.2 Å². The van der Waals surface area contributed by atoms with Gasteiger partial charge in [-0.2, -0.15) is 0 Å². The van der Waals surface area contributed by atoms with E-state index >= 15 is 0 Å². The van der Waals surface area contributed by atoms with Crippen LogP contribution in [0, 0.1) is 12.8 Å². The number of hydrogen-bond acceptors (Lipinski definition) is 3. The van der Waals surface area contributed by atoms with E-state index in [1.165, 1.54) is 5.56 Å². The molecule has 2 saturated heterocycles. The van der Waals surface area contributed by atoms with Gasteiger partial charge in [-0.15, -0.1) is 0 Å². The molecule has 0 spiro atoms. The molecule has 0 aromatic heterocycles. The van der Waals surface area contributed by atoms with Crippen molar-refractivity contribution < 1.29 is 14.7 Å². The number of hydrogen-bond donors (Lipinski definition) is 1. The molecule has 2 aliphatic heterocycles.